The summed E-state index contributed by atoms with van der Waals surface area (Å²) >= 11 is 5.86. The van der Waals surface area contributed by atoms with E-state index in [0.29, 0.717) is 22.3 Å². The summed E-state index contributed by atoms with van der Waals surface area (Å²) in [5, 5.41) is 0.414. The third kappa shape index (κ3) is 2.23. The summed E-state index contributed by atoms with van der Waals surface area (Å²) in [7, 11) is 0. The van der Waals surface area contributed by atoms with Gasteiger partial charge in [-0.3, -0.25) is 9.59 Å². The molecule has 4 nitrogen and oxygen atoms in total. The fourth-order valence-corrected chi connectivity index (χ4v) is 3.15. The first-order chi connectivity index (χ1) is 11.1. The van der Waals surface area contributed by atoms with Gasteiger partial charge in [0.15, 0.2) is 0 Å². The summed E-state index contributed by atoms with van der Waals surface area (Å²) in [4.78, 5) is 24.2. The quantitative estimate of drug-likeness (QED) is 0.503. The molecule has 4 rings (SSSR count). The molecule has 0 saturated carbocycles. The van der Waals surface area contributed by atoms with Crippen LogP contribution in [0.25, 0.3) is 11.0 Å². The average molecular weight is 327 g/mol. The van der Waals surface area contributed by atoms with Crippen LogP contribution in [0.4, 0.5) is 0 Å². The first-order valence-corrected chi connectivity index (χ1v) is 7.52. The van der Waals surface area contributed by atoms with Gasteiger partial charge in [-0.25, -0.2) is 0 Å². The van der Waals surface area contributed by atoms with E-state index in [-0.39, 0.29) is 28.8 Å². The Bertz CT molecular complexity index is 975. The minimum atomic E-state index is -0.304. The fourth-order valence-electron chi connectivity index (χ4n) is 3.00. The number of hydrogen-bond donors (Lipinski definition) is 0. The summed E-state index contributed by atoms with van der Waals surface area (Å²) in [5.41, 5.74) is 1.80. The normalized spacial score (nSPS) is 16.9. The smallest absolute Gasteiger partial charge is 0.312 e. The molecule has 0 N–H and O–H groups in total. The van der Waals surface area contributed by atoms with E-state index >= 15 is 0 Å². The molecule has 0 aliphatic carbocycles. The summed E-state index contributed by atoms with van der Waals surface area (Å²) in [6.07, 6.45) is 1.42. The molecule has 1 unspecified atom stereocenters. The molecule has 1 aliphatic rings. The summed E-state index contributed by atoms with van der Waals surface area (Å²) in [6, 6.07) is 12.8. The van der Waals surface area contributed by atoms with E-state index < -0.39 is 0 Å². The number of halogens is 1. The van der Waals surface area contributed by atoms with Crippen LogP contribution in [-0.2, 0) is 4.79 Å². The van der Waals surface area contributed by atoms with Crippen molar-refractivity contribution in [2.75, 3.05) is 0 Å². The zero-order chi connectivity index (χ0) is 16.0. The van der Waals surface area contributed by atoms with Gasteiger partial charge in [0, 0.05) is 11.5 Å². The Labute approximate surface area is 136 Å². The number of benzene rings is 2. The predicted octanol–water partition coefficient (Wildman–Crippen LogP) is 3.89. The van der Waals surface area contributed by atoms with Crippen LogP contribution >= 0.6 is 11.6 Å². The van der Waals surface area contributed by atoms with E-state index in [1.807, 2.05) is 30.3 Å². The number of ether oxygens (including phenoxy) is 1. The van der Waals surface area contributed by atoms with Gasteiger partial charge in [0.1, 0.15) is 22.6 Å². The minimum absolute atomic E-state index is 0.0292. The van der Waals surface area contributed by atoms with Crippen LogP contribution in [0.1, 0.15) is 23.5 Å². The van der Waals surface area contributed by atoms with E-state index in [4.69, 9.17) is 20.8 Å². The van der Waals surface area contributed by atoms with Crippen LogP contribution in [0, 0.1) is 0 Å². The van der Waals surface area contributed by atoms with Crippen LogP contribution in [0.15, 0.2) is 57.9 Å². The Morgan fingerprint density at radius 1 is 1.04 bits per heavy atom. The number of rotatable bonds is 1. The molecule has 114 valence electrons. The van der Waals surface area contributed by atoms with Gasteiger partial charge in [0.05, 0.1) is 11.8 Å². The zero-order valence-corrected chi connectivity index (χ0v) is 12.7. The molecule has 0 saturated heterocycles. The molecule has 0 fully saturated rings. The van der Waals surface area contributed by atoms with Gasteiger partial charge in [-0.1, -0.05) is 41.9 Å². The number of fused-ring (bicyclic) bond motifs is 3. The second-order valence-electron chi connectivity index (χ2n) is 5.41. The van der Waals surface area contributed by atoms with Crippen molar-refractivity contribution in [3.8, 4) is 5.75 Å². The summed E-state index contributed by atoms with van der Waals surface area (Å²) in [5.74, 6) is -0.101. The van der Waals surface area contributed by atoms with Gasteiger partial charge in [-0.15, -0.1) is 0 Å². The Kier molecular flexibility index (Phi) is 3.20. The van der Waals surface area contributed by atoms with Crippen molar-refractivity contribution in [3.63, 3.8) is 0 Å². The van der Waals surface area contributed by atoms with Crippen molar-refractivity contribution in [1.82, 2.24) is 0 Å². The average Bonchev–Trinajstić information content (AvgIpc) is 2.57. The van der Waals surface area contributed by atoms with Crippen LogP contribution in [0.2, 0.25) is 5.02 Å². The molecule has 0 spiro atoms. The lowest BCUT2D eigenvalue weighted by Crippen LogP contribution is -2.21. The summed E-state index contributed by atoms with van der Waals surface area (Å²) < 4.78 is 10.9. The van der Waals surface area contributed by atoms with Crippen molar-refractivity contribution in [3.05, 3.63) is 75.1 Å². The van der Waals surface area contributed by atoms with Gasteiger partial charge in [-0.2, -0.15) is 0 Å². The van der Waals surface area contributed by atoms with Crippen LogP contribution in [0.5, 0.6) is 5.75 Å². The SMILES string of the molecule is O=C1CC(c2ccccc2)c2c(ccc3c(=O)c(Cl)coc23)O1. The van der Waals surface area contributed by atoms with Crippen molar-refractivity contribution in [2.24, 2.45) is 0 Å². The van der Waals surface area contributed by atoms with E-state index in [2.05, 4.69) is 0 Å². The fraction of sp³-hybridized carbons (Fsp3) is 0.111. The second kappa shape index (κ2) is 5.25. The minimum Gasteiger partial charge on any atom is -0.462 e. The van der Waals surface area contributed by atoms with Crippen LogP contribution in [0.3, 0.4) is 0 Å². The van der Waals surface area contributed by atoms with Crippen LogP contribution < -0.4 is 10.2 Å². The monoisotopic (exact) mass is 326 g/mol. The van der Waals surface area contributed by atoms with Crippen molar-refractivity contribution < 1.29 is 13.9 Å². The first kappa shape index (κ1) is 14.0. The second-order valence-corrected chi connectivity index (χ2v) is 5.82. The molecular weight excluding hydrogens is 316 g/mol. The molecule has 23 heavy (non-hydrogen) atoms. The Hall–Kier alpha value is -2.59. The molecule has 1 aliphatic heterocycles. The van der Waals surface area contributed by atoms with Crippen molar-refractivity contribution in [1.29, 1.82) is 0 Å². The highest BCUT2D eigenvalue weighted by Crippen LogP contribution is 2.42. The molecular formula is C18H11ClO4. The summed E-state index contributed by atoms with van der Waals surface area (Å²) in [6.45, 7) is 0. The van der Waals surface area contributed by atoms with Crippen LogP contribution in [-0.4, -0.2) is 5.97 Å². The largest absolute Gasteiger partial charge is 0.462 e. The third-order valence-electron chi connectivity index (χ3n) is 4.04. The van der Waals surface area contributed by atoms with E-state index in [0.717, 1.165) is 5.56 Å². The molecule has 0 radical (unpaired) electrons. The van der Waals surface area contributed by atoms with Gasteiger partial charge < -0.3 is 9.15 Å². The lowest BCUT2D eigenvalue weighted by Gasteiger charge is -2.25. The number of carbonyl (C=O) groups excluding carboxylic acids is 1. The highest BCUT2D eigenvalue weighted by molar-refractivity contribution is 6.30. The van der Waals surface area contributed by atoms with Gasteiger partial charge in [0.25, 0.3) is 0 Å². The molecule has 0 bridgehead atoms. The maximum atomic E-state index is 12.2. The third-order valence-corrected chi connectivity index (χ3v) is 4.30. The Balaban J connectivity index is 2.05. The topological polar surface area (TPSA) is 56.5 Å². The highest BCUT2D eigenvalue weighted by Gasteiger charge is 2.31. The van der Waals surface area contributed by atoms with Gasteiger partial charge in [-0.05, 0) is 17.7 Å². The van der Waals surface area contributed by atoms with Gasteiger partial charge in [0.2, 0.25) is 5.43 Å². The number of esters is 1. The van der Waals surface area contributed by atoms with Crippen molar-refractivity contribution in [2.45, 2.75) is 12.3 Å². The molecule has 1 atom stereocenters. The number of carbonyl (C=O) groups is 1. The van der Waals surface area contributed by atoms with Gasteiger partial charge >= 0.3 is 5.97 Å². The highest BCUT2D eigenvalue weighted by atomic mass is 35.5. The maximum absolute atomic E-state index is 12.2. The number of hydrogen-bond acceptors (Lipinski definition) is 4. The maximum Gasteiger partial charge on any atom is 0.312 e. The molecule has 3 aromatic rings. The molecule has 2 heterocycles. The first-order valence-electron chi connectivity index (χ1n) is 7.14. The zero-order valence-electron chi connectivity index (χ0n) is 11.9. The Morgan fingerprint density at radius 2 is 1.83 bits per heavy atom. The molecule has 0 amide bonds. The lowest BCUT2D eigenvalue weighted by molar-refractivity contribution is -0.135. The van der Waals surface area contributed by atoms with Crippen molar-refractivity contribution >= 4 is 28.5 Å². The molecule has 2 aromatic carbocycles. The standard InChI is InChI=1S/C18H11ClO4/c19-13-9-22-18-11(17(13)21)6-7-14-16(18)12(8-15(20)23-14)10-4-2-1-3-5-10/h1-7,9,12H,8H2. The van der Waals surface area contributed by atoms with E-state index in [9.17, 15) is 9.59 Å². The lowest BCUT2D eigenvalue weighted by atomic mass is 9.85. The van der Waals surface area contributed by atoms with E-state index in [1.54, 1.807) is 12.1 Å². The molecule has 1 aromatic heterocycles. The Morgan fingerprint density at radius 3 is 2.61 bits per heavy atom. The predicted molar refractivity (Wildman–Crippen MR) is 86.0 cm³/mol. The van der Waals surface area contributed by atoms with E-state index in [1.165, 1.54) is 6.26 Å². The molecule has 5 heteroatoms.